The maximum absolute atomic E-state index is 12.4. The summed E-state index contributed by atoms with van der Waals surface area (Å²) in [6.07, 6.45) is -0.713. The molecule has 1 fully saturated rings. The summed E-state index contributed by atoms with van der Waals surface area (Å²) >= 11 is 0. The number of amides is 2. The molecule has 1 unspecified atom stereocenters. The highest BCUT2D eigenvalue weighted by Gasteiger charge is 2.40. The summed E-state index contributed by atoms with van der Waals surface area (Å²) in [4.78, 5) is 26.1. The van der Waals surface area contributed by atoms with E-state index in [1.54, 1.807) is 19.2 Å². The van der Waals surface area contributed by atoms with Crippen LogP contribution in [0.25, 0.3) is 0 Å². The highest BCUT2D eigenvalue weighted by Crippen LogP contribution is 2.22. The number of nitrogens with zero attached hydrogens (tertiary/aromatic N) is 2. The van der Waals surface area contributed by atoms with E-state index >= 15 is 0 Å². The first-order valence-electron chi connectivity index (χ1n) is 6.42. The summed E-state index contributed by atoms with van der Waals surface area (Å²) in [5.41, 5.74) is 1.76. The normalized spacial score (nSPS) is 21.9. The number of urea groups is 1. The van der Waals surface area contributed by atoms with E-state index in [2.05, 4.69) is 0 Å². The van der Waals surface area contributed by atoms with Crippen molar-refractivity contribution in [2.45, 2.75) is 25.5 Å². The second-order valence-corrected chi connectivity index (χ2v) is 5.07. The molecular weight excluding hydrogens is 260 g/mol. The molecule has 1 aromatic rings. The average molecular weight is 278 g/mol. The van der Waals surface area contributed by atoms with Crippen molar-refractivity contribution in [1.82, 2.24) is 4.90 Å². The molecule has 2 amide bonds. The van der Waals surface area contributed by atoms with Crippen LogP contribution >= 0.6 is 0 Å². The van der Waals surface area contributed by atoms with Gasteiger partial charge in [-0.1, -0.05) is 17.7 Å². The van der Waals surface area contributed by atoms with Crippen molar-refractivity contribution in [2.75, 3.05) is 18.5 Å². The SMILES string of the molecule is Cc1ccc(N(C)C(=O)N2CC(O)C[C@H]2C(=O)O)cc1. The van der Waals surface area contributed by atoms with Crippen LogP contribution in [0.1, 0.15) is 12.0 Å². The van der Waals surface area contributed by atoms with E-state index in [-0.39, 0.29) is 13.0 Å². The first kappa shape index (κ1) is 14.3. The molecule has 2 N–H and O–H groups in total. The number of benzene rings is 1. The second-order valence-electron chi connectivity index (χ2n) is 5.07. The van der Waals surface area contributed by atoms with Crippen molar-refractivity contribution >= 4 is 17.7 Å². The maximum atomic E-state index is 12.4. The molecule has 6 nitrogen and oxygen atoms in total. The number of carboxylic acids is 1. The molecule has 0 spiro atoms. The summed E-state index contributed by atoms with van der Waals surface area (Å²) < 4.78 is 0. The van der Waals surface area contributed by atoms with Gasteiger partial charge in [0.2, 0.25) is 0 Å². The van der Waals surface area contributed by atoms with Gasteiger partial charge in [0.25, 0.3) is 0 Å². The lowest BCUT2D eigenvalue weighted by Crippen LogP contribution is -2.47. The summed E-state index contributed by atoms with van der Waals surface area (Å²) in [5, 5.41) is 18.7. The Morgan fingerprint density at radius 2 is 1.90 bits per heavy atom. The topological polar surface area (TPSA) is 81.1 Å². The Hall–Kier alpha value is -2.08. The molecule has 0 aliphatic carbocycles. The number of hydrogen-bond acceptors (Lipinski definition) is 3. The third-order valence-electron chi connectivity index (χ3n) is 3.52. The molecular formula is C14H18N2O4. The first-order chi connectivity index (χ1) is 9.40. The van der Waals surface area contributed by atoms with Crippen molar-refractivity contribution in [1.29, 1.82) is 0 Å². The van der Waals surface area contributed by atoms with Gasteiger partial charge in [-0.3, -0.25) is 4.90 Å². The quantitative estimate of drug-likeness (QED) is 0.848. The van der Waals surface area contributed by atoms with E-state index in [1.807, 2.05) is 19.1 Å². The van der Waals surface area contributed by atoms with Gasteiger partial charge in [-0.2, -0.15) is 0 Å². The van der Waals surface area contributed by atoms with Crippen LogP contribution in [-0.2, 0) is 4.79 Å². The van der Waals surface area contributed by atoms with E-state index < -0.39 is 24.1 Å². The highest BCUT2D eigenvalue weighted by molar-refractivity contribution is 5.94. The van der Waals surface area contributed by atoms with Crippen LogP contribution < -0.4 is 4.90 Å². The number of β-amino-alcohol motifs (C(OH)–C–C–N with tert-alkyl or cyclic N) is 1. The predicted octanol–water partition coefficient (Wildman–Crippen LogP) is 1.07. The third kappa shape index (κ3) is 2.75. The Bertz CT molecular complexity index is 514. The van der Waals surface area contributed by atoms with E-state index in [4.69, 9.17) is 5.11 Å². The van der Waals surface area contributed by atoms with E-state index in [0.717, 1.165) is 5.56 Å². The Morgan fingerprint density at radius 3 is 2.45 bits per heavy atom. The smallest absolute Gasteiger partial charge is 0.326 e. The summed E-state index contributed by atoms with van der Waals surface area (Å²) in [7, 11) is 1.59. The Morgan fingerprint density at radius 1 is 1.30 bits per heavy atom. The molecule has 2 atom stereocenters. The first-order valence-corrected chi connectivity index (χ1v) is 6.42. The fraction of sp³-hybridized carbons (Fsp3) is 0.429. The number of aliphatic hydroxyl groups is 1. The minimum absolute atomic E-state index is 0.0476. The monoisotopic (exact) mass is 278 g/mol. The minimum atomic E-state index is -1.09. The van der Waals surface area contributed by atoms with Crippen molar-refractivity contribution < 1.29 is 19.8 Å². The number of anilines is 1. The molecule has 2 rings (SSSR count). The summed E-state index contributed by atoms with van der Waals surface area (Å²) in [6.45, 7) is 1.99. The van der Waals surface area contributed by atoms with E-state index in [1.165, 1.54) is 9.80 Å². The number of carbonyl (C=O) groups is 2. The van der Waals surface area contributed by atoms with Crippen LogP contribution in [0.4, 0.5) is 10.5 Å². The van der Waals surface area contributed by atoms with Gasteiger partial charge in [0, 0.05) is 25.7 Å². The van der Waals surface area contributed by atoms with Gasteiger partial charge >= 0.3 is 12.0 Å². The Kier molecular flexibility index (Phi) is 3.94. The Balaban J connectivity index is 2.17. The molecule has 0 radical (unpaired) electrons. The number of likely N-dealkylation sites (tertiary alicyclic amines) is 1. The standard InChI is InChI=1S/C14H18N2O4/c1-9-3-5-10(6-4-9)15(2)14(20)16-8-11(17)7-12(16)13(18)19/h3-6,11-12,17H,7-8H2,1-2H3,(H,18,19)/t11?,12-/m0/s1. The average Bonchev–Trinajstić information content (AvgIpc) is 2.80. The molecule has 1 saturated heterocycles. The highest BCUT2D eigenvalue weighted by atomic mass is 16.4. The molecule has 0 aromatic heterocycles. The number of aliphatic hydroxyl groups excluding tert-OH is 1. The van der Waals surface area contributed by atoms with Crippen LogP contribution in [0, 0.1) is 6.92 Å². The van der Waals surface area contributed by atoms with Crippen LogP contribution in [0.2, 0.25) is 0 Å². The zero-order valence-electron chi connectivity index (χ0n) is 11.5. The van der Waals surface area contributed by atoms with Crippen LogP contribution in [0.3, 0.4) is 0 Å². The zero-order valence-corrected chi connectivity index (χ0v) is 11.5. The molecule has 1 heterocycles. The largest absolute Gasteiger partial charge is 0.480 e. The van der Waals surface area contributed by atoms with Gasteiger partial charge in [-0.05, 0) is 19.1 Å². The van der Waals surface area contributed by atoms with E-state index in [9.17, 15) is 14.7 Å². The third-order valence-corrected chi connectivity index (χ3v) is 3.52. The molecule has 0 saturated carbocycles. The molecule has 6 heteroatoms. The fourth-order valence-corrected chi connectivity index (χ4v) is 2.33. The van der Waals surface area contributed by atoms with E-state index in [0.29, 0.717) is 5.69 Å². The van der Waals surface area contributed by atoms with Gasteiger partial charge in [0.15, 0.2) is 0 Å². The predicted molar refractivity (Wildman–Crippen MR) is 73.7 cm³/mol. The molecule has 0 bridgehead atoms. The number of hydrogen-bond donors (Lipinski definition) is 2. The Labute approximate surface area is 117 Å². The van der Waals surface area contributed by atoms with Crippen LogP contribution in [0.5, 0.6) is 0 Å². The molecule has 108 valence electrons. The summed E-state index contributed by atoms with van der Waals surface area (Å²) in [6, 6.07) is 5.98. The maximum Gasteiger partial charge on any atom is 0.326 e. The second kappa shape index (κ2) is 5.50. The molecule has 1 aliphatic rings. The number of aryl methyl sites for hydroxylation is 1. The fourth-order valence-electron chi connectivity index (χ4n) is 2.33. The number of rotatable bonds is 2. The van der Waals surface area contributed by atoms with Gasteiger partial charge in [-0.15, -0.1) is 0 Å². The van der Waals surface area contributed by atoms with Gasteiger partial charge < -0.3 is 15.1 Å². The van der Waals surface area contributed by atoms with Crippen molar-refractivity contribution in [2.24, 2.45) is 0 Å². The lowest BCUT2D eigenvalue weighted by Gasteiger charge is -2.27. The van der Waals surface area contributed by atoms with Crippen molar-refractivity contribution in [3.05, 3.63) is 29.8 Å². The van der Waals surface area contributed by atoms with Crippen LogP contribution in [0.15, 0.2) is 24.3 Å². The van der Waals surface area contributed by atoms with Crippen molar-refractivity contribution in [3.8, 4) is 0 Å². The molecule has 1 aliphatic heterocycles. The van der Waals surface area contributed by atoms with Gasteiger partial charge in [-0.25, -0.2) is 9.59 Å². The zero-order chi connectivity index (χ0) is 14.9. The van der Waals surface area contributed by atoms with Gasteiger partial charge in [0.05, 0.1) is 6.10 Å². The van der Waals surface area contributed by atoms with Crippen molar-refractivity contribution in [3.63, 3.8) is 0 Å². The minimum Gasteiger partial charge on any atom is -0.480 e. The lowest BCUT2D eigenvalue weighted by atomic mass is 10.2. The number of aliphatic carboxylic acids is 1. The number of carboxylic acid groups (broad SMARTS) is 1. The molecule has 20 heavy (non-hydrogen) atoms. The summed E-state index contributed by atoms with van der Waals surface area (Å²) in [5.74, 6) is -1.09. The number of carbonyl (C=O) groups excluding carboxylic acids is 1. The molecule has 1 aromatic carbocycles. The van der Waals surface area contributed by atoms with Gasteiger partial charge in [0.1, 0.15) is 6.04 Å². The van der Waals surface area contributed by atoms with Crippen LogP contribution in [-0.4, -0.2) is 52.9 Å². The lowest BCUT2D eigenvalue weighted by molar-refractivity contribution is -0.141.